The summed E-state index contributed by atoms with van der Waals surface area (Å²) in [6.45, 7) is 2.09. The SMILES string of the molecule is CNC(c1csc(C)c1)c1c(Cl)cccc1Cl. The topological polar surface area (TPSA) is 12.0 Å². The monoisotopic (exact) mass is 285 g/mol. The lowest BCUT2D eigenvalue weighted by atomic mass is 10.0. The molecule has 1 aromatic carbocycles. The van der Waals surface area contributed by atoms with Crippen molar-refractivity contribution >= 4 is 34.5 Å². The predicted molar refractivity (Wildman–Crippen MR) is 76.4 cm³/mol. The van der Waals surface area contributed by atoms with Crippen LogP contribution in [0, 0.1) is 6.92 Å². The Kier molecular flexibility index (Phi) is 4.10. The van der Waals surface area contributed by atoms with Crippen LogP contribution in [0.3, 0.4) is 0 Å². The summed E-state index contributed by atoms with van der Waals surface area (Å²) in [5.41, 5.74) is 2.14. The molecule has 0 amide bonds. The molecule has 0 spiro atoms. The third kappa shape index (κ3) is 2.66. The lowest BCUT2D eigenvalue weighted by Gasteiger charge is -2.18. The quantitative estimate of drug-likeness (QED) is 0.864. The van der Waals surface area contributed by atoms with E-state index in [0.717, 1.165) is 5.56 Å². The van der Waals surface area contributed by atoms with E-state index in [0.29, 0.717) is 10.0 Å². The average molecular weight is 286 g/mol. The maximum absolute atomic E-state index is 6.24. The molecule has 0 saturated heterocycles. The average Bonchev–Trinajstić information content (AvgIpc) is 2.70. The zero-order valence-electron chi connectivity index (χ0n) is 9.63. The molecule has 0 aliphatic heterocycles. The van der Waals surface area contributed by atoms with Crippen LogP contribution in [0.4, 0.5) is 0 Å². The molecule has 0 radical (unpaired) electrons. The molecule has 0 aliphatic carbocycles. The number of nitrogens with one attached hydrogen (secondary N) is 1. The number of hydrogen-bond acceptors (Lipinski definition) is 2. The van der Waals surface area contributed by atoms with Gasteiger partial charge in [-0.05, 0) is 43.1 Å². The normalized spacial score (nSPS) is 12.7. The summed E-state index contributed by atoms with van der Waals surface area (Å²) in [5.74, 6) is 0. The number of aryl methyl sites for hydroxylation is 1. The van der Waals surface area contributed by atoms with Crippen LogP contribution in [0.2, 0.25) is 10.0 Å². The van der Waals surface area contributed by atoms with Gasteiger partial charge in [0, 0.05) is 20.5 Å². The van der Waals surface area contributed by atoms with Crippen molar-refractivity contribution in [1.29, 1.82) is 0 Å². The van der Waals surface area contributed by atoms with Crippen molar-refractivity contribution in [2.75, 3.05) is 7.05 Å². The van der Waals surface area contributed by atoms with Crippen LogP contribution in [0.5, 0.6) is 0 Å². The third-order valence-electron chi connectivity index (χ3n) is 2.66. The fourth-order valence-corrected chi connectivity index (χ4v) is 3.23. The predicted octanol–water partition coefficient (Wildman–Crippen LogP) is 4.67. The number of benzene rings is 1. The van der Waals surface area contributed by atoms with E-state index in [9.17, 15) is 0 Å². The standard InChI is InChI=1S/C13H13Cl2NS/c1-8-6-9(7-17-8)13(16-2)12-10(14)4-3-5-11(12)15/h3-7,13,16H,1-2H3. The van der Waals surface area contributed by atoms with Gasteiger partial charge in [0.05, 0.1) is 6.04 Å². The van der Waals surface area contributed by atoms with E-state index < -0.39 is 0 Å². The van der Waals surface area contributed by atoms with Crippen molar-refractivity contribution in [3.63, 3.8) is 0 Å². The maximum Gasteiger partial charge on any atom is 0.0612 e. The fraction of sp³-hybridized carbons (Fsp3) is 0.231. The Hall–Kier alpha value is -0.540. The van der Waals surface area contributed by atoms with Crippen molar-refractivity contribution < 1.29 is 0 Å². The molecule has 1 unspecified atom stereocenters. The van der Waals surface area contributed by atoms with Crippen LogP contribution in [-0.4, -0.2) is 7.05 Å². The summed E-state index contributed by atoms with van der Waals surface area (Å²) in [4.78, 5) is 1.28. The molecule has 0 saturated carbocycles. The maximum atomic E-state index is 6.24. The molecule has 1 aromatic heterocycles. The van der Waals surface area contributed by atoms with Gasteiger partial charge in [0.1, 0.15) is 0 Å². The highest BCUT2D eigenvalue weighted by molar-refractivity contribution is 7.10. The van der Waals surface area contributed by atoms with Gasteiger partial charge in [0.15, 0.2) is 0 Å². The first kappa shape index (κ1) is 12.9. The van der Waals surface area contributed by atoms with E-state index in [2.05, 4.69) is 23.7 Å². The van der Waals surface area contributed by atoms with E-state index in [1.807, 2.05) is 25.2 Å². The minimum Gasteiger partial charge on any atom is -0.309 e. The van der Waals surface area contributed by atoms with E-state index in [1.165, 1.54) is 10.4 Å². The lowest BCUT2D eigenvalue weighted by Crippen LogP contribution is -2.17. The van der Waals surface area contributed by atoms with Crippen LogP contribution < -0.4 is 5.32 Å². The Bertz CT molecular complexity index is 502. The van der Waals surface area contributed by atoms with Crippen molar-refractivity contribution in [2.24, 2.45) is 0 Å². The summed E-state index contributed by atoms with van der Waals surface area (Å²) in [5, 5.41) is 6.79. The van der Waals surface area contributed by atoms with Gasteiger partial charge in [-0.1, -0.05) is 29.3 Å². The minimum atomic E-state index is 0.0427. The Balaban J connectivity index is 2.49. The Labute approximate surface area is 115 Å². The number of rotatable bonds is 3. The Morgan fingerprint density at radius 3 is 2.35 bits per heavy atom. The van der Waals surface area contributed by atoms with Gasteiger partial charge in [-0.2, -0.15) is 0 Å². The first-order valence-corrected chi connectivity index (χ1v) is 6.93. The molecule has 17 heavy (non-hydrogen) atoms. The minimum absolute atomic E-state index is 0.0427. The molecular formula is C13H13Cl2NS. The second-order valence-electron chi connectivity index (χ2n) is 3.85. The van der Waals surface area contributed by atoms with E-state index in [-0.39, 0.29) is 6.04 Å². The summed E-state index contributed by atoms with van der Waals surface area (Å²) >= 11 is 14.2. The third-order valence-corrected chi connectivity index (χ3v) is 4.20. The molecular weight excluding hydrogens is 273 g/mol. The Morgan fingerprint density at radius 2 is 1.88 bits per heavy atom. The van der Waals surface area contributed by atoms with Crippen LogP contribution in [0.15, 0.2) is 29.6 Å². The van der Waals surface area contributed by atoms with Crippen LogP contribution in [0.25, 0.3) is 0 Å². The van der Waals surface area contributed by atoms with Crippen LogP contribution in [-0.2, 0) is 0 Å². The lowest BCUT2D eigenvalue weighted by molar-refractivity contribution is 0.694. The van der Waals surface area contributed by atoms with Gasteiger partial charge in [0.25, 0.3) is 0 Å². The molecule has 90 valence electrons. The van der Waals surface area contributed by atoms with Crippen LogP contribution >= 0.6 is 34.5 Å². The highest BCUT2D eigenvalue weighted by atomic mass is 35.5. The molecule has 1 nitrogen and oxygen atoms in total. The van der Waals surface area contributed by atoms with Crippen molar-refractivity contribution in [2.45, 2.75) is 13.0 Å². The largest absolute Gasteiger partial charge is 0.309 e. The number of hydrogen-bond donors (Lipinski definition) is 1. The molecule has 2 aromatic rings. The van der Waals surface area contributed by atoms with E-state index >= 15 is 0 Å². The first-order valence-electron chi connectivity index (χ1n) is 5.29. The zero-order chi connectivity index (χ0) is 12.4. The summed E-state index contributed by atoms with van der Waals surface area (Å²) < 4.78 is 0. The van der Waals surface area contributed by atoms with E-state index in [4.69, 9.17) is 23.2 Å². The number of halogens is 2. The summed E-state index contributed by atoms with van der Waals surface area (Å²) in [7, 11) is 1.91. The van der Waals surface area contributed by atoms with Gasteiger partial charge < -0.3 is 5.32 Å². The summed E-state index contributed by atoms with van der Waals surface area (Å²) in [6, 6.07) is 7.80. The van der Waals surface area contributed by atoms with Gasteiger partial charge >= 0.3 is 0 Å². The van der Waals surface area contributed by atoms with Crippen molar-refractivity contribution in [3.8, 4) is 0 Å². The van der Waals surface area contributed by atoms with Gasteiger partial charge in [-0.3, -0.25) is 0 Å². The molecule has 1 N–H and O–H groups in total. The van der Waals surface area contributed by atoms with Gasteiger partial charge in [-0.25, -0.2) is 0 Å². The highest BCUT2D eigenvalue weighted by Gasteiger charge is 2.19. The fourth-order valence-electron chi connectivity index (χ4n) is 1.88. The van der Waals surface area contributed by atoms with Crippen LogP contribution in [0.1, 0.15) is 22.0 Å². The molecule has 2 rings (SSSR count). The van der Waals surface area contributed by atoms with Gasteiger partial charge in [0.2, 0.25) is 0 Å². The van der Waals surface area contributed by atoms with Gasteiger partial charge in [-0.15, -0.1) is 11.3 Å². The second-order valence-corrected chi connectivity index (χ2v) is 5.78. The van der Waals surface area contributed by atoms with Crippen molar-refractivity contribution in [3.05, 3.63) is 55.7 Å². The van der Waals surface area contributed by atoms with E-state index in [1.54, 1.807) is 11.3 Å². The molecule has 0 aliphatic rings. The van der Waals surface area contributed by atoms with Crippen molar-refractivity contribution in [1.82, 2.24) is 5.32 Å². The Morgan fingerprint density at radius 1 is 1.24 bits per heavy atom. The second kappa shape index (κ2) is 5.40. The smallest absolute Gasteiger partial charge is 0.0612 e. The molecule has 1 atom stereocenters. The first-order chi connectivity index (χ1) is 8.13. The molecule has 1 heterocycles. The summed E-state index contributed by atoms with van der Waals surface area (Å²) in [6.07, 6.45) is 0. The highest BCUT2D eigenvalue weighted by Crippen LogP contribution is 2.35. The molecule has 0 bridgehead atoms. The molecule has 0 fully saturated rings. The number of thiophene rings is 1. The zero-order valence-corrected chi connectivity index (χ0v) is 12.0. The molecule has 4 heteroatoms.